The van der Waals surface area contributed by atoms with E-state index in [1.807, 2.05) is 19.2 Å². The van der Waals surface area contributed by atoms with Gasteiger partial charge in [0.2, 0.25) is 0 Å². The van der Waals surface area contributed by atoms with Gasteiger partial charge in [0.1, 0.15) is 17.9 Å². The van der Waals surface area contributed by atoms with E-state index in [-0.39, 0.29) is 12.2 Å². The molecule has 0 bridgehead atoms. The lowest BCUT2D eigenvalue weighted by Crippen LogP contribution is -2.17. The number of nitrogens with zero attached hydrogens (tertiary/aromatic N) is 1. The Morgan fingerprint density at radius 2 is 2.12 bits per heavy atom. The fourth-order valence-corrected chi connectivity index (χ4v) is 2.15. The molecule has 0 atom stereocenters. The minimum absolute atomic E-state index is 0.0784. The maximum atomic E-state index is 11.8. The molecule has 138 valence electrons. The van der Waals surface area contributed by atoms with Gasteiger partial charge in [-0.15, -0.1) is 13.2 Å². The van der Waals surface area contributed by atoms with Gasteiger partial charge in [-0.1, -0.05) is 18.1 Å². The summed E-state index contributed by atoms with van der Waals surface area (Å²) in [5, 5.41) is 5.84. The first kappa shape index (κ1) is 22.1. The summed E-state index contributed by atoms with van der Waals surface area (Å²) in [6.07, 6.45) is -2.24. The molecule has 1 aromatic heterocycles. The van der Waals surface area contributed by atoms with Crippen LogP contribution in [0.25, 0.3) is 0 Å². The number of hydrogen-bond acceptors (Lipinski definition) is 5. The third kappa shape index (κ3) is 9.53. The number of nitrogens with one attached hydrogen (secondary N) is 1. The van der Waals surface area contributed by atoms with Crippen LogP contribution in [0.2, 0.25) is 0 Å². The van der Waals surface area contributed by atoms with Gasteiger partial charge in [-0.2, -0.15) is 0 Å². The van der Waals surface area contributed by atoms with Gasteiger partial charge in [-0.25, -0.2) is 4.98 Å². The van der Waals surface area contributed by atoms with Crippen LogP contribution >= 0.6 is 30.1 Å². The molecule has 0 saturated carbocycles. The molecule has 0 fully saturated rings. The van der Waals surface area contributed by atoms with E-state index >= 15 is 0 Å². The molecule has 0 spiro atoms. The second-order valence-corrected chi connectivity index (χ2v) is 6.23. The van der Waals surface area contributed by atoms with Crippen LogP contribution in [0.3, 0.4) is 0 Å². The molecule has 1 aromatic carbocycles. The highest BCUT2D eigenvalue weighted by molar-refractivity contribution is 14.2. The Morgan fingerprint density at radius 3 is 2.65 bits per heavy atom. The molecule has 0 aliphatic rings. The van der Waals surface area contributed by atoms with Crippen LogP contribution in [0.4, 0.5) is 19.0 Å². The van der Waals surface area contributed by atoms with Gasteiger partial charge in [-0.3, -0.25) is 0 Å². The van der Waals surface area contributed by atoms with Crippen molar-refractivity contribution in [3.63, 3.8) is 0 Å². The number of anilines is 1. The smallest absolute Gasteiger partial charge is 0.406 e. The molecule has 1 N–H and O–H groups in total. The topological polar surface area (TPSA) is 51.2 Å². The predicted molar refractivity (Wildman–Crippen MR) is 105 cm³/mol. The molecule has 2 rings (SSSR count). The lowest BCUT2D eigenvalue weighted by molar-refractivity contribution is -0.274. The molecule has 9 heteroatoms. The maximum absolute atomic E-state index is 11.8. The molecule has 0 unspecified atom stereocenters. The highest BCUT2D eigenvalue weighted by Crippen LogP contribution is 2.23. The average molecular weight is 494 g/mol. The van der Waals surface area contributed by atoms with Crippen LogP contribution in [-0.4, -0.2) is 24.7 Å². The molecule has 2 aromatic rings. The summed E-state index contributed by atoms with van der Waals surface area (Å²) < 4.78 is 39.0. The van der Waals surface area contributed by atoms with Crippen LogP contribution in [0.1, 0.15) is 11.1 Å². The highest BCUT2D eigenvalue weighted by Gasteiger charge is 2.31. The van der Waals surface area contributed by atoms with E-state index in [1.165, 1.54) is 27.1 Å². The Kier molecular flexibility index (Phi) is 9.90. The van der Waals surface area contributed by atoms with Crippen molar-refractivity contribution in [1.29, 1.82) is 0 Å². The minimum Gasteiger partial charge on any atom is -0.406 e. The number of benzene rings is 1. The van der Waals surface area contributed by atoms with E-state index in [1.54, 1.807) is 12.3 Å². The molecule has 0 aliphatic carbocycles. The lowest BCUT2D eigenvalue weighted by Gasteiger charge is -2.08. The second kappa shape index (κ2) is 11.6. The van der Waals surface area contributed by atoms with Crippen molar-refractivity contribution >= 4 is 42.2 Å². The molecule has 0 amide bonds. The second-order valence-electron chi connectivity index (χ2n) is 4.55. The highest BCUT2D eigenvalue weighted by atomic mass is 127. The van der Waals surface area contributed by atoms with Crippen LogP contribution in [-0.2, 0) is 11.2 Å². The summed E-state index contributed by atoms with van der Waals surface area (Å²) in [4.78, 5) is 14.2. The van der Waals surface area contributed by atoms with Crippen LogP contribution in [0.15, 0.2) is 42.6 Å². The molecule has 1 heterocycles. The van der Waals surface area contributed by atoms with Crippen molar-refractivity contribution < 1.29 is 22.7 Å². The van der Waals surface area contributed by atoms with Gasteiger partial charge >= 0.3 is 6.36 Å². The van der Waals surface area contributed by atoms with Gasteiger partial charge in [0.25, 0.3) is 0 Å². The van der Waals surface area contributed by atoms with Crippen molar-refractivity contribution in [2.75, 3.05) is 12.4 Å². The van der Waals surface area contributed by atoms with E-state index < -0.39 is 6.36 Å². The van der Waals surface area contributed by atoms with E-state index in [9.17, 15) is 18.0 Å². The number of aldehydes is 1. The maximum Gasteiger partial charge on any atom is 0.573 e. The summed E-state index contributed by atoms with van der Waals surface area (Å²) in [6, 6.07) is 9.17. The molecule has 0 aliphatic heterocycles. The number of rotatable bonds is 4. The quantitative estimate of drug-likeness (QED) is 0.375. The summed E-state index contributed by atoms with van der Waals surface area (Å²) >= 11 is 2.14. The zero-order chi connectivity index (χ0) is 19.4. The lowest BCUT2D eigenvalue weighted by atomic mass is 10.2. The number of carbonyl (C=O) groups is 1. The van der Waals surface area contributed by atoms with E-state index in [0.29, 0.717) is 11.8 Å². The molecular formula is C17H14F3IN2O2S. The molecule has 26 heavy (non-hydrogen) atoms. The third-order valence-corrected chi connectivity index (χ3v) is 3.54. The Bertz CT molecular complexity index is 759. The fourth-order valence-electron chi connectivity index (χ4n) is 1.66. The number of halogens is 4. The van der Waals surface area contributed by atoms with E-state index in [4.69, 9.17) is 0 Å². The molecule has 4 nitrogen and oxygen atoms in total. The van der Waals surface area contributed by atoms with Gasteiger partial charge in [0, 0.05) is 46.4 Å². The molecular weight excluding hydrogens is 480 g/mol. The van der Waals surface area contributed by atoms with Crippen LogP contribution in [0.5, 0.6) is 5.75 Å². The van der Waals surface area contributed by atoms with Gasteiger partial charge in [0.05, 0.1) is 0 Å². The first-order chi connectivity index (χ1) is 12.4. The van der Waals surface area contributed by atoms with Crippen molar-refractivity contribution in [1.82, 2.24) is 4.98 Å². The first-order valence-corrected chi connectivity index (χ1v) is 10.4. The van der Waals surface area contributed by atoms with E-state index in [0.717, 1.165) is 11.4 Å². The number of alkyl halides is 3. The predicted octanol–water partition coefficient (Wildman–Crippen LogP) is 4.84. The summed E-state index contributed by atoms with van der Waals surface area (Å²) in [5.41, 5.74) is 1.43. The van der Waals surface area contributed by atoms with Crippen molar-refractivity contribution in [3.05, 3.63) is 53.7 Å². The van der Waals surface area contributed by atoms with Gasteiger partial charge in [0.15, 0.2) is 0 Å². The first-order valence-electron chi connectivity index (χ1n) is 7.08. The number of carbonyl (C=O) groups excluding carboxylic acids is 1. The van der Waals surface area contributed by atoms with Crippen molar-refractivity contribution in [3.8, 4) is 16.9 Å². The average Bonchev–Trinajstić information content (AvgIpc) is 2.60. The number of pyridine rings is 1. The monoisotopic (exact) mass is 494 g/mol. The zero-order valence-electron chi connectivity index (χ0n) is 13.5. The fraction of sp³-hybridized carbons (Fsp3) is 0.176. The van der Waals surface area contributed by atoms with Gasteiger partial charge < -0.3 is 14.8 Å². The Balaban J connectivity index is 0.000000263. The van der Waals surface area contributed by atoms with Crippen LogP contribution < -0.4 is 10.1 Å². The molecule has 0 saturated heterocycles. The normalized spacial score (nSPS) is 9.88. The van der Waals surface area contributed by atoms with Crippen molar-refractivity contribution in [2.45, 2.75) is 12.8 Å². The summed E-state index contributed by atoms with van der Waals surface area (Å²) in [6.45, 7) is 0. The number of aromatic nitrogens is 1. The van der Waals surface area contributed by atoms with Crippen LogP contribution in [0, 0.1) is 11.2 Å². The SMILES string of the molecule is CNc1ccc(C#CSI)cn1.O=CCc1cccc(OC(F)(F)F)c1. The minimum atomic E-state index is -4.69. The Morgan fingerprint density at radius 1 is 1.35 bits per heavy atom. The summed E-state index contributed by atoms with van der Waals surface area (Å²) in [7, 11) is 3.31. The zero-order valence-corrected chi connectivity index (χ0v) is 16.5. The molecule has 0 radical (unpaired) electrons. The summed E-state index contributed by atoms with van der Waals surface area (Å²) in [5.74, 6) is 3.52. The standard InChI is InChI=1S/C9H7F3O2.C8H7IN2S/c10-9(11,12)14-8-3-1-2-7(6-8)4-5-13;1-10-8-3-2-7(6-11-8)4-5-12-9/h1-3,5-6H,4H2;2-3,6H,1H3,(H,10,11). The number of ether oxygens (including phenoxy) is 1. The Hall–Kier alpha value is -1.93. The number of hydrogen-bond donors (Lipinski definition) is 1. The van der Waals surface area contributed by atoms with Crippen molar-refractivity contribution in [2.24, 2.45) is 0 Å². The van der Waals surface area contributed by atoms with Gasteiger partial charge in [-0.05, 0) is 44.0 Å². The van der Waals surface area contributed by atoms with E-state index in [2.05, 4.69) is 47.4 Å². The largest absolute Gasteiger partial charge is 0.573 e. The third-order valence-electron chi connectivity index (χ3n) is 2.70. The Labute approximate surface area is 165 Å².